The van der Waals surface area contributed by atoms with Crippen LogP contribution in [-0.4, -0.2) is 55.9 Å². The standard InChI is InChI=1S/C17H25N5O3/c1-12(2)10-25-13-4-6-21(7-5-13)15(23)9-22-11-18-16-14(17(22)24)8-19-20(16)3/h8,11-13H,4-7,9-10H2,1-3H3. The van der Waals surface area contributed by atoms with Crippen LogP contribution in [0.3, 0.4) is 0 Å². The highest BCUT2D eigenvalue weighted by atomic mass is 16.5. The molecule has 3 heterocycles. The van der Waals surface area contributed by atoms with Crippen LogP contribution in [0.5, 0.6) is 0 Å². The number of likely N-dealkylation sites (tertiary alicyclic amines) is 1. The Hall–Kier alpha value is -2.22. The molecule has 0 bridgehead atoms. The summed E-state index contributed by atoms with van der Waals surface area (Å²) in [5, 5.41) is 4.47. The molecule has 1 amide bonds. The highest BCUT2D eigenvalue weighted by Gasteiger charge is 2.24. The van der Waals surface area contributed by atoms with E-state index in [2.05, 4.69) is 23.9 Å². The Balaban J connectivity index is 1.60. The number of ether oxygens (including phenoxy) is 1. The Bertz CT molecular complexity index is 802. The molecule has 25 heavy (non-hydrogen) atoms. The first kappa shape index (κ1) is 17.6. The minimum Gasteiger partial charge on any atom is -0.378 e. The fourth-order valence-electron chi connectivity index (χ4n) is 3.03. The van der Waals surface area contributed by atoms with Gasteiger partial charge in [0.25, 0.3) is 5.56 Å². The second kappa shape index (κ2) is 7.35. The molecule has 0 radical (unpaired) electrons. The molecule has 1 aliphatic rings. The third-order valence-electron chi connectivity index (χ3n) is 4.48. The maximum absolute atomic E-state index is 12.5. The van der Waals surface area contributed by atoms with Gasteiger partial charge in [0.1, 0.15) is 18.3 Å². The number of aromatic nitrogens is 4. The van der Waals surface area contributed by atoms with Gasteiger partial charge in [0.2, 0.25) is 5.91 Å². The van der Waals surface area contributed by atoms with E-state index in [-0.39, 0.29) is 24.1 Å². The lowest BCUT2D eigenvalue weighted by atomic mass is 10.1. The van der Waals surface area contributed by atoms with E-state index in [1.54, 1.807) is 16.6 Å². The van der Waals surface area contributed by atoms with Gasteiger partial charge in [-0.2, -0.15) is 5.10 Å². The number of carbonyl (C=O) groups is 1. The Kier molecular flexibility index (Phi) is 5.17. The van der Waals surface area contributed by atoms with Gasteiger partial charge in [-0.05, 0) is 18.8 Å². The summed E-state index contributed by atoms with van der Waals surface area (Å²) < 4.78 is 8.75. The van der Waals surface area contributed by atoms with Crippen molar-refractivity contribution in [2.75, 3.05) is 19.7 Å². The van der Waals surface area contributed by atoms with E-state index in [0.29, 0.717) is 30.0 Å². The molecule has 2 aromatic heterocycles. The largest absolute Gasteiger partial charge is 0.378 e. The number of hydrogen-bond donors (Lipinski definition) is 0. The van der Waals surface area contributed by atoms with E-state index in [4.69, 9.17) is 4.74 Å². The summed E-state index contributed by atoms with van der Waals surface area (Å²) in [6, 6.07) is 0. The fourth-order valence-corrected chi connectivity index (χ4v) is 3.03. The molecule has 136 valence electrons. The van der Waals surface area contributed by atoms with Crippen molar-refractivity contribution in [3.05, 3.63) is 22.9 Å². The monoisotopic (exact) mass is 347 g/mol. The maximum Gasteiger partial charge on any atom is 0.264 e. The van der Waals surface area contributed by atoms with E-state index in [9.17, 15) is 9.59 Å². The van der Waals surface area contributed by atoms with Crippen molar-refractivity contribution in [3.8, 4) is 0 Å². The minimum atomic E-state index is -0.235. The second-order valence-corrected chi connectivity index (χ2v) is 6.99. The van der Waals surface area contributed by atoms with Gasteiger partial charge in [-0.1, -0.05) is 13.8 Å². The van der Waals surface area contributed by atoms with Crippen LogP contribution in [-0.2, 0) is 23.1 Å². The Labute approximate surface area is 146 Å². The Morgan fingerprint density at radius 1 is 1.36 bits per heavy atom. The van der Waals surface area contributed by atoms with E-state index in [1.165, 1.54) is 17.1 Å². The topological polar surface area (TPSA) is 82.2 Å². The fraction of sp³-hybridized carbons (Fsp3) is 0.647. The van der Waals surface area contributed by atoms with Crippen molar-refractivity contribution in [1.29, 1.82) is 0 Å². The van der Waals surface area contributed by atoms with Gasteiger partial charge >= 0.3 is 0 Å². The van der Waals surface area contributed by atoms with Crippen LogP contribution in [0, 0.1) is 5.92 Å². The summed E-state index contributed by atoms with van der Waals surface area (Å²) >= 11 is 0. The lowest BCUT2D eigenvalue weighted by Crippen LogP contribution is -2.43. The number of carbonyl (C=O) groups excluding carboxylic acids is 1. The molecule has 0 spiro atoms. The number of aryl methyl sites for hydroxylation is 1. The molecule has 2 aromatic rings. The van der Waals surface area contributed by atoms with Crippen LogP contribution >= 0.6 is 0 Å². The normalized spacial score (nSPS) is 16.1. The van der Waals surface area contributed by atoms with Crippen LogP contribution in [0.1, 0.15) is 26.7 Å². The third kappa shape index (κ3) is 3.89. The summed E-state index contributed by atoms with van der Waals surface area (Å²) in [7, 11) is 1.73. The van der Waals surface area contributed by atoms with Gasteiger partial charge in [0.15, 0.2) is 5.65 Å². The van der Waals surface area contributed by atoms with E-state index >= 15 is 0 Å². The van der Waals surface area contributed by atoms with Crippen LogP contribution in [0.4, 0.5) is 0 Å². The summed E-state index contributed by atoms with van der Waals surface area (Å²) in [6.45, 7) is 6.35. The summed E-state index contributed by atoms with van der Waals surface area (Å²) in [5.74, 6) is 0.455. The molecule has 1 saturated heterocycles. The zero-order valence-corrected chi connectivity index (χ0v) is 15.0. The molecule has 1 aliphatic heterocycles. The summed E-state index contributed by atoms with van der Waals surface area (Å²) in [4.78, 5) is 31.0. The average Bonchev–Trinajstić information content (AvgIpc) is 2.97. The van der Waals surface area contributed by atoms with Crippen LogP contribution in [0.25, 0.3) is 11.0 Å². The van der Waals surface area contributed by atoms with Crippen molar-refractivity contribution < 1.29 is 9.53 Å². The van der Waals surface area contributed by atoms with Crippen molar-refractivity contribution in [1.82, 2.24) is 24.2 Å². The van der Waals surface area contributed by atoms with E-state index < -0.39 is 0 Å². The van der Waals surface area contributed by atoms with Gasteiger partial charge in [0.05, 0.1) is 12.3 Å². The number of rotatable bonds is 5. The number of hydrogen-bond acceptors (Lipinski definition) is 5. The molecular formula is C17H25N5O3. The second-order valence-electron chi connectivity index (χ2n) is 6.99. The number of nitrogens with zero attached hydrogens (tertiary/aromatic N) is 5. The molecule has 0 unspecified atom stereocenters. The lowest BCUT2D eigenvalue weighted by Gasteiger charge is -2.32. The quantitative estimate of drug-likeness (QED) is 0.799. The van der Waals surface area contributed by atoms with Gasteiger partial charge in [-0.3, -0.25) is 18.8 Å². The van der Waals surface area contributed by atoms with E-state index in [0.717, 1.165) is 19.4 Å². The van der Waals surface area contributed by atoms with E-state index in [1.807, 2.05) is 0 Å². The minimum absolute atomic E-state index is 0.00812. The molecule has 0 N–H and O–H groups in total. The van der Waals surface area contributed by atoms with Crippen LogP contribution in [0.2, 0.25) is 0 Å². The summed E-state index contributed by atoms with van der Waals surface area (Å²) in [6.07, 6.45) is 4.81. The molecule has 0 atom stereocenters. The third-order valence-corrected chi connectivity index (χ3v) is 4.48. The average molecular weight is 347 g/mol. The number of amides is 1. The molecular weight excluding hydrogens is 322 g/mol. The van der Waals surface area contributed by atoms with Gasteiger partial charge in [-0.15, -0.1) is 0 Å². The Morgan fingerprint density at radius 3 is 2.76 bits per heavy atom. The first-order valence-electron chi connectivity index (χ1n) is 8.72. The van der Waals surface area contributed by atoms with Crippen LogP contribution < -0.4 is 5.56 Å². The lowest BCUT2D eigenvalue weighted by molar-refractivity contribution is -0.134. The predicted octanol–water partition coefficient (Wildman–Crippen LogP) is 0.794. The Morgan fingerprint density at radius 2 is 2.08 bits per heavy atom. The SMILES string of the molecule is CC(C)COC1CCN(C(=O)Cn2cnc3c(cnn3C)c2=O)CC1. The van der Waals surface area contributed by atoms with Crippen molar-refractivity contribution >= 4 is 16.9 Å². The first-order chi connectivity index (χ1) is 12.0. The number of piperidine rings is 1. The molecule has 0 saturated carbocycles. The van der Waals surface area contributed by atoms with Crippen LogP contribution in [0.15, 0.2) is 17.3 Å². The molecule has 8 nitrogen and oxygen atoms in total. The molecule has 8 heteroatoms. The zero-order valence-electron chi connectivity index (χ0n) is 15.0. The maximum atomic E-state index is 12.5. The van der Waals surface area contributed by atoms with Gasteiger partial charge in [0, 0.05) is 26.7 Å². The smallest absolute Gasteiger partial charge is 0.264 e. The first-order valence-corrected chi connectivity index (χ1v) is 8.72. The predicted molar refractivity (Wildman–Crippen MR) is 93.2 cm³/mol. The highest BCUT2D eigenvalue weighted by Crippen LogP contribution is 2.15. The summed E-state index contributed by atoms with van der Waals surface area (Å²) in [5.41, 5.74) is 0.290. The number of fused-ring (bicyclic) bond motifs is 1. The molecule has 3 rings (SSSR count). The molecule has 0 aromatic carbocycles. The highest BCUT2D eigenvalue weighted by molar-refractivity contribution is 5.77. The van der Waals surface area contributed by atoms with Gasteiger partial charge < -0.3 is 9.64 Å². The van der Waals surface area contributed by atoms with Crippen molar-refractivity contribution in [2.45, 2.75) is 39.3 Å². The molecule has 1 fully saturated rings. The zero-order chi connectivity index (χ0) is 18.0. The van der Waals surface area contributed by atoms with Crippen molar-refractivity contribution in [2.24, 2.45) is 13.0 Å². The molecule has 0 aliphatic carbocycles. The van der Waals surface area contributed by atoms with Gasteiger partial charge in [-0.25, -0.2) is 4.98 Å². The van der Waals surface area contributed by atoms with Crippen molar-refractivity contribution in [3.63, 3.8) is 0 Å².